The fourth-order valence-electron chi connectivity index (χ4n) is 3.23. The molecule has 0 aliphatic carbocycles. The Hall–Kier alpha value is -3.29. The number of aromatic nitrogens is 1. The van der Waals surface area contributed by atoms with Crippen LogP contribution >= 0.6 is 0 Å². The molecule has 1 aliphatic heterocycles. The van der Waals surface area contributed by atoms with Crippen LogP contribution in [0.25, 0.3) is 11.3 Å². The molecular weight excluding hydrogens is 373 g/mol. The summed E-state index contributed by atoms with van der Waals surface area (Å²) in [6, 6.07) is 7.45. The molecule has 144 valence electrons. The van der Waals surface area contributed by atoms with E-state index in [1.54, 1.807) is 0 Å². The van der Waals surface area contributed by atoms with Crippen molar-refractivity contribution in [3.63, 3.8) is 0 Å². The molecule has 2 aromatic carbocycles. The summed E-state index contributed by atoms with van der Waals surface area (Å²) in [7, 11) is 1.35. The van der Waals surface area contributed by atoms with E-state index >= 15 is 0 Å². The Morgan fingerprint density at radius 1 is 1.11 bits per heavy atom. The maximum Gasteiger partial charge on any atom is 0.254 e. The summed E-state index contributed by atoms with van der Waals surface area (Å²) in [4.78, 5) is 14.3. The molecule has 2 heterocycles. The fourth-order valence-corrected chi connectivity index (χ4v) is 3.23. The Kier molecular flexibility index (Phi) is 4.54. The third kappa shape index (κ3) is 3.11. The van der Waals surface area contributed by atoms with Gasteiger partial charge >= 0.3 is 0 Å². The summed E-state index contributed by atoms with van der Waals surface area (Å²) in [5.41, 5.74) is 1.52. The number of ether oxygens (including phenoxy) is 1. The summed E-state index contributed by atoms with van der Waals surface area (Å²) in [5.74, 6) is -2.30. The predicted molar refractivity (Wildman–Crippen MR) is 93.3 cm³/mol. The summed E-state index contributed by atoms with van der Waals surface area (Å²) >= 11 is 0. The van der Waals surface area contributed by atoms with Gasteiger partial charge in [0.2, 0.25) is 0 Å². The third-order valence-electron chi connectivity index (χ3n) is 4.71. The van der Waals surface area contributed by atoms with E-state index in [0.717, 1.165) is 18.2 Å². The molecule has 4 rings (SSSR count). The van der Waals surface area contributed by atoms with Gasteiger partial charge in [-0.05, 0) is 36.4 Å². The Morgan fingerprint density at radius 2 is 1.93 bits per heavy atom. The molecule has 8 heteroatoms. The van der Waals surface area contributed by atoms with Gasteiger partial charge in [0.25, 0.3) is 5.91 Å². The molecule has 5 nitrogen and oxygen atoms in total. The van der Waals surface area contributed by atoms with Gasteiger partial charge in [-0.15, -0.1) is 0 Å². The van der Waals surface area contributed by atoms with Crippen molar-refractivity contribution in [3.8, 4) is 17.0 Å². The maximum atomic E-state index is 13.9. The first-order valence-corrected chi connectivity index (χ1v) is 8.53. The number of carbonyl (C=O) groups excluding carboxylic acids is 1. The first-order chi connectivity index (χ1) is 13.5. The van der Waals surface area contributed by atoms with Gasteiger partial charge in [0, 0.05) is 29.7 Å². The number of halogens is 3. The van der Waals surface area contributed by atoms with Crippen LogP contribution in [0.1, 0.15) is 21.7 Å². The maximum absolute atomic E-state index is 13.9. The molecule has 0 spiro atoms. The molecule has 0 atom stereocenters. The van der Waals surface area contributed by atoms with Crippen molar-refractivity contribution >= 4 is 5.91 Å². The van der Waals surface area contributed by atoms with Crippen molar-refractivity contribution in [2.75, 3.05) is 13.7 Å². The highest BCUT2D eigenvalue weighted by Gasteiger charge is 2.28. The molecule has 1 amide bonds. The van der Waals surface area contributed by atoms with Gasteiger partial charge in [0.05, 0.1) is 13.7 Å². The zero-order chi connectivity index (χ0) is 19.8. The van der Waals surface area contributed by atoms with Crippen LogP contribution in [0.3, 0.4) is 0 Å². The molecule has 0 unspecified atom stereocenters. The van der Waals surface area contributed by atoms with Crippen molar-refractivity contribution in [3.05, 3.63) is 70.7 Å². The quantitative estimate of drug-likeness (QED) is 0.682. The lowest BCUT2D eigenvalue weighted by molar-refractivity contribution is 0.0728. The number of hydrogen-bond acceptors (Lipinski definition) is 4. The minimum atomic E-state index is -0.994. The van der Waals surface area contributed by atoms with Crippen molar-refractivity contribution in [1.29, 1.82) is 0 Å². The van der Waals surface area contributed by atoms with Crippen molar-refractivity contribution in [2.24, 2.45) is 0 Å². The van der Waals surface area contributed by atoms with E-state index in [1.807, 2.05) is 0 Å². The standard InChI is InChI=1S/C20H15F3N2O3/c1-27-18-5-3-12(9-16(18)23)20(26)25-7-6-17-13(10-25)19(24-28-17)11-2-4-14(21)15(22)8-11/h2-5,8-9H,6-7,10H2,1H3. The van der Waals surface area contributed by atoms with Gasteiger partial charge in [-0.1, -0.05) is 5.16 Å². The number of hydrogen-bond donors (Lipinski definition) is 0. The molecule has 1 aromatic heterocycles. The number of amides is 1. The second-order valence-corrected chi connectivity index (χ2v) is 6.39. The smallest absolute Gasteiger partial charge is 0.254 e. The minimum absolute atomic E-state index is 0.0529. The van der Waals surface area contributed by atoms with E-state index < -0.39 is 17.5 Å². The van der Waals surface area contributed by atoms with Gasteiger partial charge in [0.15, 0.2) is 23.2 Å². The second-order valence-electron chi connectivity index (χ2n) is 6.39. The van der Waals surface area contributed by atoms with Gasteiger partial charge in [-0.25, -0.2) is 13.2 Å². The number of fused-ring (bicyclic) bond motifs is 1. The third-order valence-corrected chi connectivity index (χ3v) is 4.71. The van der Waals surface area contributed by atoms with Crippen LogP contribution in [-0.4, -0.2) is 29.6 Å². The summed E-state index contributed by atoms with van der Waals surface area (Å²) in [6.07, 6.45) is 0.413. The predicted octanol–water partition coefficient (Wildman–Crippen LogP) is 3.97. The molecular formula is C20H15F3N2O3. The zero-order valence-corrected chi connectivity index (χ0v) is 14.8. The normalized spacial score (nSPS) is 13.4. The summed E-state index contributed by atoms with van der Waals surface area (Å²) in [6.45, 7) is 0.533. The van der Waals surface area contributed by atoms with E-state index in [2.05, 4.69) is 5.16 Å². The van der Waals surface area contributed by atoms with Crippen molar-refractivity contribution in [1.82, 2.24) is 10.1 Å². The topological polar surface area (TPSA) is 55.6 Å². The highest BCUT2D eigenvalue weighted by Crippen LogP contribution is 2.31. The lowest BCUT2D eigenvalue weighted by atomic mass is 10.0. The number of rotatable bonds is 3. The van der Waals surface area contributed by atoms with E-state index in [0.29, 0.717) is 35.5 Å². The molecule has 0 saturated carbocycles. The fraction of sp³-hybridized carbons (Fsp3) is 0.200. The molecule has 0 fully saturated rings. The van der Waals surface area contributed by atoms with Gasteiger partial charge in [-0.3, -0.25) is 4.79 Å². The van der Waals surface area contributed by atoms with Crippen LogP contribution in [0.2, 0.25) is 0 Å². The number of methoxy groups -OCH3 is 1. The zero-order valence-electron chi connectivity index (χ0n) is 14.8. The molecule has 1 aliphatic rings. The van der Waals surface area contributed by atoms with Crippen molar-refractivity contribution in [2.45, 2.75) is 13.0 Å². The molecule has 0 N–H and O–H groups in total. The Balaban J connectivity index is 1.62. The van der Waals surface area contributed by atoms with E-state index in [9.17, 15) is 18.0 Å². The monoisotopic (exact) mass is 388 g/mol. The van der Waals surface area contributed by atoms with Crippen LogP contribution in [0, 0.1) is 17.5 Å². The van der Waals surface area contributed by atoms with Crippen LogP contribution < -0.4 is 4.74 Å². The molecule has 28 heavy (non-hydrogen) atoms. The SMILES string of the molecule is COc1ccc(C(=O)N2CCc3onc(-c4ccc(F)c(F)c4)c3C2)cc1F. The lowest BCUT2D eigenvalue weighted by Crippen LogP contribution is -2.35. The molecule has 0 saturated heterocycles. The summed E-state index contributed by atoms with van der Waals surface area (Å²) < 4.78 is 50.9. The van der Waals surface area contributed by atoms with Gasteiger partial charge < -0.3 is 14.2 Å². The molecule has 0 radical (unpaired) electrons. The number of benzene rings is 2. The molecule has 0 bridgehead atoms. The van der Waals surface area contributed by atoms with Crippen LogP contribution in [0.5, 0.6) is 5.75 Å². The lowest BCUT2D eigenvalue weighted by Gasteiger charge is -2.26. The van der Waals surface area contributed by atoms with Crippen LogP contribution in [0.15, 0.2) is 40.9 Å². The van der Waals surface area contributed by atoms with Crippen molar-refractivity contribution < 1.29 is 27.2 Å². The van der Waals surface area contributed by atoms with E-state index in [-0.39, 0.29) is 23.8 Å². The average Bonchev–Trinajstić information content (AvgIpc) is 3.12. The Bertz CT molecular complexity index is 1060. The first kappa shape index (κ1) is 18.1. The average molecular weight is 388 g/mol. The highest BCUT2D eigenvalue weighted by molar-refractivity contribution is 5.94. The van der Waals surface area contributed by atoms with E-state index in [4.69, 9.17) is 9.26 Å². The second kappa shape index (κ2) is 7.03. The van der Waals surface area contributed by atoms with E-state index in [1.165, 1.54) is 30.2 Å². The van der Waals surface area contributed by atoms with Crippen LogP contribution in [-0.2, 0) is 13.0 Å². The largest absolute Gasteiger partial charge is 0.494 e. The Morgan fingerprint density at radius 3 is 2.64 bits per heavy atom. The highest BCUT2D eigenvalue weighted by atomic mass is 19.2. The minimum Gasteiger partial charge on any atom is -0.494 e. The Labute approximate surface area is 158 Å². The summed E-state index contributed by atoms with van der Waals surface area (Å²) in [5, 5.41) is 3.96. The molecule has 3 aromatic rings. The number of carbonyl (C=O) groups is 1. The van der Waals surface area contributed by atoms with Gasteiger partial charge in [-0.2, -0.15) is 0 Å². The van der Waals surface area contributed by atoms with Crippen LogP contribution in [0.4, 0.5) is 13.2 Å². The number of nitrogens with zero attached hydrogens (tertiary/aromatic N) is 2. The van der Waals surface area contributed by atoms with Gasteiger partial charge in [0.1, 0.15) is 11.5 Å². The first-order valence-electron chi connectivity index (χ1n) is 8.53.